The van der Waals surface area contributed by atoms with Crippen LogP contribution in [0.25, 0.3) is 0 Å². The van der Waals surface area contributed by atoms with Crippen molar-refractivity contribution in [2.75, 3.05) is 26.7 Å². The van der Waals surface area contributed by atoms with Crippen molar-refractivity contribution < 1.29 is 19.2 Å². The number of rotatable bonds is 9. The lowest BCUT2D eigenvalue weighted by atomic mass is 9.96. The van der Waals surface area contributed by atoms with Crippen LogP contribution in [0.4, 0.5) is 0 Å². The Morgan fingerprint density at radius 3 is 2.50 bits per heavy atom. The maximum Gasteiger partial charge on any atom is 0.278 e. The van der Waals surface area contributed by atoms with Crippen molar-refractivity contribution in [1.82, 2.24) is 4.90 Å². The first-order valence-corrected chi connectivity index (χ1v) is 11.4. The van der Waals surface area contributed by atoms with E-state index < -0.39 is 0 Å². The molecule has 1 aromatic heterocycles. The highest BCUT2D eigenvalue weighted by Gasteiger charge is 2.30. The van der Waals surface area contributed by atoms with Gasteiger partial charge in [0.15, 0.2) is 6.54 Å². The molecule has 0 aliphatic carbocycles. The van der Waals surface area contributed by atoms with E-state index in [0.717, 1.165) is 43.7 Å². The normalized spacial score (nSPS) is 19.8. The molecule has 1 aliphatic rings. The minimum atomic E-state index is -0.217. The summed E-state index contributed by atoms with van der Waals surface area (Å²) >= 11 is 1.73. The third-order valence-electron chi connectivity index (χ3n) is 5.94. The fourth-order valence-corrected chi connectivity index (χ4v) is 4.88. The fraction of sp³-hybridized carbons (Fsp3) is 0.478. The molecular formula is C23H32N3O3S+. The third-order valence-corrected chi connectivity index (χ3v) is 6.84. The average Bonchev–Trinajstić information content (AvgIpc) is 3.25. The van der Waals surface area contributed by atoms with Crippen molar-refractivity contribution in [3.05, 3.63) is 52.2 Å². The standard InChI is InChI=1S/C23H31N3O3S/c1-17(14-21-4-3-13-30-21)26(15-18-5-7-20(29-2)8-6-18)22(27)16-25-11-9-19(10-12-25)23(24)28/h3-8,13,17,19H,9-12,14-16H2,1-2H3,(H2,24,28)/p+1/t17-/m1/s1. The molecular weight excluding hydrogens is 398 g/mol. The number of primary amides is 1. The predicted octanol–water partition coefficient (Wildman–Crippen LogP) is 1.50. The summed E-state index contributed by atoms with van der Waals surface area (Å²) in [5, 5.41) is 2.07. The Bertz CT molecular complexity index is 815. The van der Waals surface area contributed by atoms with Gasteiger partial charge in [-0.2, -0.15) is 0 Å². The first kappa shape index (κ1) is 22.3. The Morgan fingerprint density at radius 2 is 1.93 bits per heavy atom. The molecule has 0 radical (unpaired) electrons. The molecule has 1 fully saturated rings. The molecule has 0 saturated carbocycles. The van der Waals surface area contributed by atoms with Gasteiger partial charge >= 0.3 is 0 Å². The Balaban J connectivity index is 1.67. The van der Waals surface area contributed by atoms with Crippen LogP contribution in [0.1, 0.15) is 30.2 Å². The Labute approximate surface area is 182 Å². The maximum absolute atomic E-state index is 13.3. The molecule has 6 nitrogen and oxygen atoms in total. The van der Waals surface area contributed by atoms with E-state index in [4.69, 9.17) is 10.5 Å². The number of benzene rings is 1. The van der Waals surface area contributed by atoms with Crippen LogP contribution in [-0.4, -0.2) is 49.5 Å². The number of hydrogen-bond donors (Lipinski definition) is 2. The van der Waals surface area contributed by atoms with Gasteiger partial charge in [-0.3, -0.25) is 9.59 Å². The molecule has 3 rings (SSSR count). The molecule has 1 atom stereocenters. The Hall–Kier alpha value is -2.38. The van der Waals surface area contributed by atoms with Crippen LogP contribution in [0.15, 0.2) is 41.8 Å². The topological polar surface area (TPSA) is 77.1 Å². The highest BCUT2D eigenvalue weighted by Crippen LogP contribution is 2.18. The van der Waals surface area contributed by atoms with E-state index in [-0.39, 0.29) is 23.8 Å². The lowest BCUT2D eigenvalue weighted by Gasteiger charge is -2.32. The minimum absolute atomic E-state index is 0.0444. The number of methoxy groups -OCH3 is 1. The number of likely N-dealkylation sites (tertiary alicyclic amines) is 1. The highest BCUT2D eigenvalue weighted by atomic mass is 32.1. The molecule has 2 aromatic rings. The molecule has 1 aromatic carbocycles. The van der Waals surface area contributed by atoms with Gasteiger partial charge in [0.1, 0.15) is 5.75 Å². The van der Waals surface area contributed by atoms with Crippen LogP contribution in [0.5, 0.6) is 5.75 Å². The predicted molar refractivity (Wildman–Crippen MR) is 119 cm³/mol. The first-order chi connectivity index (χ1) is 14.5. The zero-order valence-electron chi connectivity index (χ0n) is 17.8. The van der Waals surface area contributed by atoms with E-state index in [2.05, 4.69) is 24.4 Å². The summed E-state index contributed by atoms with van der Waals surface area (Å²) in [6.07, 6.45) is 2.38. The number of carbonyl (C=O) groups excluding carboxylic acids is 2. The van der Waals surface area contributed by atoms with E-state index in [1.807, 2.05) is 29.2 Å². The first-order valence-electron chi connectivity index (χ1n) is 10.5. The van der Waals surface area contributed by atoms with Gasteiger partial charge in [-0.25, -0.2) is 0 Å². The smallest absolute Gasteiger partial charge is 0.278 e. The SMILES string of the molecule is COc1ccc(CN(C(=O)C[NH+]2CCC(C(N)=O)CC2)[C@H](C)Cc2cccs2)cc1. The fourth-order valence-electron chi connectivity index (χ4n) is 4.05. The second-order valence-corrected chi connectivity index (χ2v) is 9.14. The summed E-state index contributed by atoms with van der Waals surface area (Å²) in [5.74, 6) is 0.704. The summed E-state index contributed by atoms with van der Waals surface area (Å²) < 4.78 is 5.25. The van der Waals surface area contributed by atoms with Crippen molar-refractivity contribution in [3.63, 3.8) is 0 Å². The van der Waals surface area contributed by atoms with E-state index in [9.17, 15) is 9.59 Å². The molecule has 7 heteroatoms. The third kappa shape index (κ3) is 6.06. The van der Waals surface area contributed by atoms with Gasteiger partial charge in [0.2, 0.25) is 5.91 Å². The molecule has 3 N–H and O–H groups in total. The lowest BCUT2D eigenvalue weighted by molar-refractivity contribution is -0.898. The van der Waals surface area contributed by atoms with Gasteiger partial charge in [0, 0.05) is 42.6 Å². The zero-order chi connectivity index (χ0) is 21.5. The second-order valence-electron chi connectivity index (χ2n) is 8.11. The number of carbonyl (C=O) groups is 2. The number of hydrogen-bond acceptors (Lipinski definition) is 4. The van der Waals surface area contributed by atoms with Crippen molar-refractivity contribution in [1.29, 1.82) is 0 Å². The number of ether oxygens (including phenoxy) is 1. The molecule has 2 heterocycles. The molecule has 1 saturated heterocycles. The Morgan fingerprint density at radius 1 is 1.23 bits per heavy atom. The number of nitrogens with zero attached hydrogens (tertiary/aromatic N) is 1. The number of piperidine rings is 1. The highest BCUT2D eigenvalue weighted by molar-refractivity contribution is 7.09. The van der Waals surface area contributed by atoms with Crippen molar-refractivity contribution in [2.24, 2.45) is 11.7 Å². The van der Waals surface area contributed by atoms with E-state index in [1.165, 1.54) is 9.78 Å². The summed E-state index contributed by atoms with van der Waals surface area (Å²) in [7, 11) is 1.65. The summed E-state index contributed by atoms with van der Waals surface area (Å²) in [5.41, 5.74) is 6.53. The number of nitrogens with two attached hydrogens (primary N) is 1. The van der Waals surface area contributed by atoms with Gasteiger partial charge in [-0.15, -0.1) is 11.3 Å². The van der Waals surface area contributed by atoms with E-state index >= 15 is 0 Å². The number of thiophene rings is 1. The quantitative estimate of drug-likeness (QED) is 0.633. The molecule has 0 spiro atoms. The van der Waals surface area contributed by atoms with Crippen molar-refractivity contribution >= 4 is 23.2 Å². The maximum atomic E-state index is 13.3. The Kier molecular flexibility index (Phi) is 7.87. The van der Waals surface area contributed by atoms with Crippen LogP contribution in [0.3, 0.4) is 0 Å². The van der Waals surface area contributed by atoms with Crippen LogP contribution < -0.4 is 15.4 Å². The number of quaternary nitrogens is 1. The van der Waals surface area contributed by atoms with Gasteiger partial charge < -0.3 is 20.3 Å². The van der Waals surface area contributed by atoms with Crippen LogP contribution in [0.2, 0.25) is 0 Å². The number of nitrogens with one attached hydrogen (secondary N) is 1. The average molecular weight is 431 g/mol. The molecule has 1 aliphatic heterocycles. The minimum Gasteiger partial charge on any atom is -0.497 e. The second kappa shape index (κ2) is 10.6. The molecule has 162 valence electrons. The van der Waals surface area contributed by atoms with Crippen LogP contribution in [0, 0.1) is 5.92 Å². The molecule has 30 heavy (non-hydrogen) atoms. The summed E-state index contributed by atoms with van der Waals surface area (Å²) in [4.78, 5) is 29.2. The van der Waals surface area contributed by atoms with Gasteiger partial charge in [0.25, 0.3) is 5.91 Å². The number of amides is 2. The monoisotopic (exact) mass is 430 g/mol. The van der Waals surface area contributed by atoms with Crippen LogP contribution in [-0.2, 0) is 22.6 Å². The largest absolute Gasteiger partial charge is 0.497 e. The molecule has 0 unspecified atom stereocenters. The zero-order valence-corrected chi connectivity index (χ0v) is 18.6. The van der Waals surface area contributed by atoms with Gasteiger partial charge in [-0.05, 0) is 36.1 Å². The lowest BCUT2D eigenvalue weighted by Crippen LogP contribution is -3.14. The molecule has 0 bridgehead atoms. The van der Waals surface area contributed by atoms with Crippen molar-refractivity contribution in [3.8, 4) is 5.75 Å². The van der Waals surface area contributed by atoms with E-state index in [0.29, 0.717) is 13.1 Å². The van der Waals surface area contributed by atoms with E-state index in [1.54, 1.807) is 18.4 Å². The van der Waals surface area contributed by atoms with Gasteiger partial charge in [-0.1, -0.05) is 18.2 Å². The van der Waals surface area contributed by atoms with Crippen molar-refractivity contribution in [2.45, 2.75) is 38.8 Å². The summed E-state index contributed by atoms with van der Waals surface area (Å²) in [6, 6.07) is 12.2. The van der Waals surface area contributed by atoms with Crippen LogP contribution >= 0.6 is 11.3 Å². The summed E-state index contributed by atoms with van der Waals surface area (Å²) in [6.45, 7) is 4.78. The molecule has 2 amide bonds. The van der Waals surface area contributed by atoms with Gasteiger partial charge in [0.05, 0.1) is 20.2 Å².